The Balaban J connectivity index is 1.88. The van der Waals surface area contributed by atoms with Gasteiger partial charge in [0.25, 0.3) is 5.88 Å². The molecule has 0 aliphatic heterocycles. The lowest BCUT2D eigenvalue weighted by molar-refractivity contribution is 0.296. The summed E-state index contributed by atoms with van der Waals surface area (Å²) in [7, 11) is -2.00. The van der Waals surface area contributed by atoms with E-state index in [4.69, 9.17) is 9.47 Å². The van der Waals surface area contributed by atoms with Gasteiger partial charge in [0.15, 0.2) is 11.4 Å². The Kier molecular flexibility index (Phi) is 6.19. The molecule has 0 aliphatic carbocycles. The van der Waals surface area contributed by atoms with E-state index in [0.717, 1.165) is 17.4 Å². The van der Waals surface area contributed by atoms with Crippen molar-refractivity contribution in [1.29, 1.82) is 0 Å². The highest BCUT2D eigenvalue weighted by Gasteiger charge is 2.27. The van der Waals surface area contributed by atoms with Crippen molar-refractivity contribution in [2.75, 3.05) is 25.7 Å². The minimum atomic E-state index is -3.49. The van der Waals surface area contributed by atoms with Crippen LogP contribution in [-0.2, 0) is 9.84 Å². The van der Waals surface area contributed by atoms with Gasteiger partial charge in [-0.05, 0) is 30.7 Å². The molecule has 0 radical (unpaired) electrons. The van der Waals surface area contributed by atoms with Crippen LogP contribution < -0.4 is 15.2 Å². The zero-order valence-electron chi connectivity index (χ0n) is 18.5. The summed E-state index contributed by atoms with van der Waals surface area (Å²) in [6.45, 7) is 2.15. The van der Waals surface area contributed by atoms with Gasteiger partial charge >= 0.3 is 5.69 Å². The van der Waals surface area contributed by atoms with Crippen molar-refractivity contribution < 1.29 is 17.9 Å². The quantitative estimate of drug-likeness (QED) is 0.423. The highest BCUT2D eigenvalue weighted by Crippen LogP contribution is 2.30. The first-order chi connectivity index (χ1) is 15.8. The molecule has 172 valence electrons. The molecule has 0 bridgehead atoms. The second-order valence-electron chi connectivity index (χ2n) is 7.55. The summed E-state index contributed by atoms with van der Waals surface area (Å²) in [6, 6.07) is 13.8. The van der Waals surface area contributed by atoms with Crippen molar-refractivity contribution in [3.8, 4) is 22.8 Å². The zero-order valence-corrected chi connectivity index (χ0v) is 19.3. The number of aromatic nitrogens is 4. The number of imidazole rings is 1. The van der Waals surface area contributed by atoms with Crippen LogP contribution >= 0.6 is 0 Å². The van der Waals surface area contributed by atoms with Crippen molar-refractivity contribution >= 4 is 21.0 Å². The van der Waals surface area contributed by atoms with Gasteiger partial charge in [-0.3, -0.25) is 4.57 Å². The molecule has 33 heavy (non-hydrogen) atoms. The summed E-state index contributed by atoms with van der Waals surface area (Å²) < 4.78 is 36.8. The SMILES string of the molecule is CCOc1nc([C@@H](CS(C)(=O)=O)n2c(=O)[nH]c3cc(-c4ccccc4)cnc32)ccc1OC. The van der Waals surface area contributed by atoms with E-state index in [1.165, 1.54) is 11.7 Å². The first kappa shape index (κ1) is 22.5. The molecule has 1 N–H and O–H groups in total. The Bertz CT molecular complexity index is 1440. The fourth-order valence-corrected chi connectivity index (χ4v) is 4.59. The molecule has 0 spiro atoms. The number of pyridine rings is 2. The third-order valence-electron chi connectivity index (χ3n) is 5.12. The van der Waals surface area contributed by atoms with E-state index in [2.05, 4.69) is 15.0 Å². The van der Waals surface area contributed by atoms with Crippen molar-refractivity contribution in [1.82, 2.24) is 19.5 Å². The monoisotopic (exact) mass is 468 g/mol. The van der Waals surface area contributed by atoms with Crippen molar-refractivity contribution in [3.63, 3.8) is 0 Å². The van der Waals surface area contributed by atoms with Crippen LogP contribution in [0.1, 0.15) is 18.7 Å². The number of hydrogen-bond donors (Lipinski definition) is 1. The maximum absolute atomic E-state index is 13.0. The van der Waals surface area contributed by atoms with Crippen LogP contribution in [0.4, 0.5) is 0 Å². The first-order valence-corrected chi connectivity index (χ1v) is 12.4. The van der Waals surface area contributed by atoms with Gasteiger partial charge in [-0.2, -0.15) is 0 Å². The molecule has 0 amide bonds. The lowest BCUT2D eigenvalue weighted by atomic mass is 10.1. The average Bonchev–Trinajstić information content (AvgIpc) is 3.12. The second kappa shape index (κ2) is 9.07. The van der Waals surface area contributed by atoms with Crippen LogP contribution in [0, 0.1) is 0 Å². The predicted molar refractivity (Wildman–Crippen MR) is 126 cm³/mol. The topological polar surface area (TPSA) is 116 Å². The number of nitrogens with zero attached hydrogens (tertiary/aromatic N) is 3. The summed E-state index contributed by atoms with van der Waals surface area (Å²) in [4.78, 5) is 24.8. The van der Waals surface area contributed by atoms with E-state index >= 15 is 0 Å². The van der Waals surface area contributed by atoms with Crippen LogP contribution in [0.2, 0.25) is 0 Å². The Morgan fingerprint density at radius 3 is 2.55 bits per heavy atom. The van der Waals surface area contributed by atoms with Crippen LogP contribution in [0.3, 0.4) is 0 Å². The molecule has 3 aromatic heterocycles. The summed E-state index contributed by atoms with van der Waals surface area (Å²) in [5.41, 5.74) is 2.49. The summed E-state index contributed by atoms with van der Waals surface area (Å²) in [6.07, 6.45) is 2.78. The van der Waals surface area contributed by atoms with Gasteiger partial charge in [0.1, 0.15) is 9.84 Å². The minimum Gasteiger partial charge on any atom is -0.491 e. The van der Waals surface area contributed by atoms with Gasteiger partial charge in [-0.1, -0.05) is 30.3 Å². The number of methoxy groups -OCH3 is 1. The molecule has 0 saturated carbocycles. The molecule has 4 aromatic rings. The molecule has 1 atom stereocenters. The third kappa shape index (κ3) is 4.75. The minimum absolute atomic E-state index is 0.225. The van der Waals surface area contributed by atoms with E-state index in [1.54, 1.807) is 25.3 Å². The predicted octanol–water partition coefficient (Wildman–Crippen LogP) is 2.83. The van der Waals surface area contributed by atoms with Crippen molar-refractivity contribution in [2.45, 2.75) is 13.0 Å². The number of hydrogen-bond acceptors (Lipinski definition) is 7. The van der Waals surface area contributed by atoms with E-state index in [-0.39, 0.29) is 11.6 Å². The molecule has 3 heterocycles. The fourth-order valence-electron chi connectivity index (χ4n) is 3.69. The summed E-state index contributed by atoms with van der Waals surface area (Å²) in [5, 5.41) is 0. The second-order valence-corrected chi connectivity index (χ2v) is 9.73. The third-order valence-corrected chi connectivity index (χ3v) is 6.05. The van der Waals surface area contributed by atoms with E-state index in [0.29, 0.717) is 29.2 Å². The Labute approximate surface area is 191 Å². The van der Waals surface area contributed by atoms with Crippen molar-refractivity contribution in [3.05, 3.63) is 70.9 Å². The zero-order chi connectivity index (χ0) is 23.6. The van der Waals surface area contributed by atoms with E-state index in [9.17, 15) is 13.2 Å². The average molecular weight is 469 g/mol. The molecule has 0 aliphatic rings. The molecule has 1 aromatic carbocycles. The van der Waals surface area contributed by atoms with Crippen LogP contribution in [0.15, 0.2) is 59.5 Å². The van der Waals surface area contributed by atoms with Gasteiger partial charge in [-0.25, -0.2) is 23.2 Å². The summed E-state index contributed by atoms with van der Waals surface area (Å²) >= 11 is 0. The number of sulfone groups is 1. The van der Waals surface area contributed by atoms with Gasteiger partial charge in [0.05, 0.1) is 36.7 Å². The fraction of sp³-hybridized carbons (Fsp3) is 0.261. The molecular weight excluding hydrogens is 444 g/mol. The number of fused-ring (bicyclic) bond motifs is 1. The number of ether oxygens (including phenoxy) is 2. The van der Waals surface area contributed by atoms with Gasteiger partial charge in [0.2, 0.25) is 0 Å². The molecule has 9 nitrogen and oxygen atoms in total. The van der Waals surface area contributed by atoms with Gasteiger partial charge < -0.3 is 14.5 Å². The normalized spacial score (nSPS) is 12.6. The number of H-pyrrole nitrogens is 1. The molecular formula is C23H24N4O5S. The Morgan fingerprint density at radius 2 is 1.88 bits per heavy atom. The van der Waals surface area contributed by atoms with Crippen LogP contribution in [0.25, 0.3) is 22.3 Å². The van der Waals surface area contributed by atoms with E-state index in [1.807, 2.05) is 36.4 Å². The van der Waals surface area contributed by atoms with Crippen molar-refractivity contribution in [2.24, 2.45) is 0 Å². The first-order valence-electron chi connectivity index (χ1n) is 10.3. The largest absolute Gasteiger partial charge is 0.491 e. The highest BCUT2D eigenvalue weighted by molar-refractivity contribution is 7.90. The van der Waals surface area contributed by atoms with Crippen LogP contribution in [0.5, 0.6) is 11.6 Å². The summed E-state index contributed by atoms with van der Waals surface area (Å²) in [5.74, 6) is 0.297. The molecule has 0 unspecified atom stereocenters. The van der Waals surface area contributed by atoms with Gasteiger partial charge in [0, 0.05) is 18.0 Å². The number of aromatic amines is 1. The number of rotatable bonds is 8. The number of benzene rings is 1. The molecule has 0 saturated heterocycles. The maximum Gasteiger partial charge on any atom is 0.328 e. The molecule has 0 fully saturated rings. The van der Waals surface area contributed by atoms with Crippen LogP contribution in [-0.4, -0.2) is 53.7 Å². The van der Waals surface area contributed by atoms with Gasteiger partial charge in [-0.15, -0.1) is 0 Å². The standard InChI is InChI=1S/C23H24N4O5S/c1-4-32-22-20(31-2)11-10-17(25-22)19(14-33(3,29)30)27-21-18(26-23(27)28)12-16(13-24-21)15-8-6-5-7-9-15/h5-13,19H,4,14H2,1-3H3,(H,26,28)/t19-/m1/s1. The van der Waals surface area contributed by atoms with E-state index < -0.39 is 21.6 Å². The Hall–Kier alpha value is -3.66. The lowest BCUT2D eigenvalue weighted by Gasteiger charge is -2.19. The lowest BCUT2D eigenvalue weighted by Crippen LogP contribution is -2.29. The number of nitrogens with one attached hydrogen (secondary N) is 1. The smallest absolute Gasteiger partial charge is 0.328 e. The highest BCUT2D eigenvalue weighted by atomic mass is 32.2. The maximum atomic E-state index is 13.0. The Morgan fingerprint density at radius 1 is 1.12 bits per heavy atom. The molecule has 4 rings (SSSR count). The molecule has 10 heteroatoms.